The Morgan fingerprint density at radius 3 is 2.54 bits per heavy atom. The molecule has 0 aromatic rings. The standard InChI is InChI=1S/C18H34N4O2/c1-11(2)10-13-15-14(16(23)21-18(3,4)5)20-12(8-6-7-9-19)17(24)22(13)15/h11-15,20H,6-10,19H2,1-5H3,(H,21,23)/t12-,13-,14-,15?,22?/m0/s1. The van der Waals surface area contributed by atoms with Gasteiger partial charge in [-0.05, 0) is 52.5 Å². The van der Waals surface area contributed by atoms with Gasteiger partial charge in [0.25, 0.3) is 0 Å². The van der Waals surface area contributed by atoms with Crippen molar-refractivity contribution < 1.29 is 9.59 Å². The summed E-state index contributed by atoms with van der Waals surface area (Å²) in [6.45, 7) is 10.9. The summed E-state index contributed by atoms with van der Waals surface area (Å²) < 4.78 is 0. The van der Waals surface area contributed by atoms with Gasteiger partial charge in [0.1, 0.15) is 6.04 Å². The molecule has 1 unspecified atom stereocenters. The van der Waals surface area contributed by atoms with Gasteiger partial charge in [-0.1, -0.05) is 20.3 Å². The molecule has 2 fully saturated rings. The van der Waals surface area contributed by atoms with E-state index in [0.717, 1.165) is 25.7 Å². The molecule has 138 valence electrons. The number of piperazine rings is 1. The SMILES string of the molecule is CC(C)C[C@H]1C2[C@@H](C(=O)NC(C)(C)C)N[C@@H](CCCCN)C(=O)N21. The van der Waals surface area contributed by atoms with Crippen LogP contribution in [0.25, 0.3) is 0 Å². The number of carbonyl (C=O) groups excluding carboxylic acids is 2. The second-order valence-electron chi connectivity index (χ2n) is 8.65. The zero-order chi connectivity index (χ0) is 18.1. The Kier molecular flexibility index (Phi) is 5.91. The van der Waals surface area contributed by atoms with Crippen LogP contribution in [-0.2, 0) is 9.59 Å². The minimum absolute atomic E-state index is 0.0000750. The van der Waals surface area contributed by atoms with E-state index in [1.54, 1.807) is 0 Å². The summed E-state index contributed by atoms with van der Waals surface area (Å²) in [6, 6.07) is -0.373. The lowest BCUT2D eigenvalue weighted by Gasteiger charge is -2.31. The molecule has 4 atom stereocenters. The lowest BCUT2D eigenvalue weighted by Crippen LogP contribution is -2.61. The van der Waals surface area contributed by atoms with Crippen LogP contribution in [-0.4, -0.2) is 53.0 Å². The van der Waals surface area contributed by atoms with Gasteiger partial charge in [-0.2, -0.15) is 0 Å². The third-order valence-electron chi connectivity index (χ3n) is 4.70. The highest BCUT2D eigenvalue weighted by molar-refractivity contribution is 5.92. The molecule has 2 amide bonds. The number of fused-ring (bicyclic) bond motifs is 1. The zero-order valence-corrected chi connectivity index (χ0v) is 15.8. The number of nitrogens with zero attached hydrogens (tertiary/aromatic N) is 1. The third kappa shape index (κ3) is 4.48. The molecule has 0 aromatic carbocycles. The normalized spacial score (nSPS) is 29.6. The second-order valence-corrected chi connectivity index (χ2v) is 8.65. The Labute approximate surface area is 145 Å². The number of nitrogens with one attached hydrogen (secondary N) is 2. The first-order chi connectivity index (χ1) is 11.2. The fourth-order valence-corrected chi connectivity index (χ4v) is 3.67. The van der Waals surface area contributed by atoms with Crippen LogP contribution in [0.4, 0.5) is 0 Å². The Morgan fingerprint density at radius 1 is 1.33 bits per heavy atom. The van der Waals surface area contributed by atoms with Crippen LogP contribution in [0.3, 0.4) is 0 Å². The first-order valence-electron chi connectivity index (χ1n) is 9.26. The lowest BCUT2D eigenvalue weighted by molar-refractivity contribution is -0.133. The fourth-order valence-electron chi connectivity index (χ4n) is 3.67. The van der Waals surface area contributed by atoms with Crippen LogP contribution in [0.2, 0.25) is 0 Å². The lowest BCUT2D eigenvalue weighted by atomic mass is 9.99. The number of rotatable bonds is 7. The summed E-state index contributed by atoms with van der Waals surface area (Å²) in [5, 5.41) is 6.40. The van der Waals surface area contributed by atoms with E-state index in [-0.39, 0.29) is 41.5 Å². The number of amides is 2. The van der Waals surface area contributed by atoms with Gasteiger partial charge in [-0.25, -0.2) is 0 Å². The molecule has 6 heteroatoms. The second kappa shape index (κ2) is 7.40. The van der Waals surface area contributed by atoms with Gasteiger partial charge in [-0.3, -0.25) is 14.9 Å². The molecule has 4 N–H and O–H groups in total. The molecule has 2 saturated heterocycles. The molecule has 0 aromatic heterocycles. The summed E-state index contributed by atoms with van der Waals surface area (Å²) >= 11 is 0. The largest absolute Gasteiger partial charge is 0.350 e. The van der Waals surface area contributed by atoms with Crippen LogP contribution < -0.4 is 16.4 Å². The van der Waals surface area contributed by atoms with Gasteiger partial charge in [0.05, 0.1) is 18.1 Å². The predicted molar refractivity (Wildman–Crippen MR) is 95.4 cm³/mol. The first kappa shape index (κ1) is 19.2. The van der Waals surface area contributed by atoms with Gasteiger partial charge in [-0.15, -0.1) is 0 Å². The molecular formula is C18H34N4O2. The Bertz CT molecular complexity index is 472. The smallest absolute Gasteiger partial charge is 0.240 e. The summed E-state index contributed by atoms with van der Waals surface area (Å²) in [5.74, 6) is 0.665. The van der Waals surface area contributed by atoms with E-state index in [4.69, 9.17) is 5.73 Å². The summed E-state index contributed by atoms with van der Waals surface area (Å²) in [5.41, 5.74) is 5.28. The number of unbranched alkanes of at least 4 members (excludes halogenated alkanes) is 1. The van der Waals surface area contributed by atoms with Crippen molar-refractivity contribution in [2.75, 3.05) is 6.54 Å². The number of hydrogen-bond acceptors (Lipinski definition) is 4. The maximum atomic E-state index is 12.7. The van der Waals surface area contributed by atoms with Crippen molar-refractivity contribution in [2.45, 2.75) is 90.0 Å². The number of carbonyl (C=O) groups is 2. The summed E-state index contributed by atoms with van der Waals surface area (Å²) in [6.07, 6.45) is 3.50. The molecule has 0 radical (unpaired) electrons. The van der Waals surface area contributed by atoms with Crippen LogP contribution in [0.5, 0.6) is 0 Å². The van der Waals surface area contributed by atoms with E-state index in [2.05, 4.69) is 24.5 Å². The van der Waals surface area contributed by atoms with Crippen molar-refractivity contribution in [1.29, 1.82) is 0 Å². The molecule has 0 spiro atoms. The molecule has 2 rings (SSSR count). The maximum absolute atomic E-state index is 12.7. The highest BCUT2D eigenvalue weighted by atomic mass is 16.2. The molecule has 24 heavy (non-hydrogen) atoms. The van der Waals surface area contributed by atoms with Crippen molar-refractivity contribution in [3.05, 3.63) is 0 Å². The van der Waals surface area contributed by atoms with Crippen molar-refractivity contribution >= 4 is 11.8 Å². The molecule has 2 aliphatic rings. The molecular weight excluding hydrogens is 304 g/mol. The van der Waals surface area contributed by atoms with Gasteiger partial charge in [0.15, 0.2) is 0 Å². The average Bonchev–Trinajstić information content (AvgIpc) is 3.13. The van der Waals surface area contributed by atoms with Crippen LogP contribution in [0, 0.1) is 5.92 Å². The van der Waals surface area contributed by atoms with E-state index >= 15 is 0 Å². The van der Waals surface area contributed by atoms with E-state index in [1.165, 1.54) is 0 Å². The molecule has 2 heterocycles. The predicted octanol–water partition coefficient (Wildman–Crippen LogP) is 0.996. The average molecular weight is 338 g/mol. The monoisotopic (exact) mass is 338 g/mol. The highest BCUT2D eigenvalue weighted by Gasteiger charge is 2.61. The Morgan fingerprint density at radius 2 is 2.00 bits per heavy atom. The third-order valence-corrected chi connectivity index (χ3v) is 4.70. The van der Waals surface area contributed by atoms with Gasteiger partial charge < -0.3 is 16.0 Å². The van der Waals surface area contributed by atoms with Crippen molar-refractivity contribution in [2.24, 2.45) is 11.7 Å². The van der Waals surface area contributed by atoms with Crippen molar-refractivity contribution in [1.82, 2.24) is 15.5 Å². The Hall–Kier alpha value is -1.14. The minimum Gasteiger partial charge on any atom is -0.350 e. The van der Waals surface area contributed by atoms with Gasteiger partial charge >= 0.3 is 0 Å². The summed E-state index contributed by atoms with van der Waals surface area (Å²) in [7, 11) is 0. The molecule has 0 bridgehead atoms. The number of nitrogens with two attached hydrogens (primary N) is 1. The highest BCUT2D eigenvalue weighted by Crippen LogP contribution is 2.40. The van der Waals surface area contributed by atoms with E-state index in [1.807, 2.05) is 25.7 Å². The quantitative estimate of drug-likeness (QED) is 0.477. The Balaban J connectivity index is 2.09. The van der Waals surface area contributed by atoms with E-state index in [9.17, 15) is 9.59 Å². The van der Waals surface area contributed by atoms with E-state index in [0.29, 0.717) is 12.5 Å². The van der Waals surface area contributed by atoms with Crippen LogP contribution in [0.15, 0.2) is 0 Å². The maximum Gasteiger partial charge on any atom is 0.240 e. The minimum atomic E-state index is -0.312. The van der Waals surface area contributed by atoms with Crippen LogP contribution in [0.1, 0.15) is 60.3 Å². The topological polar surface area (TPSA) is 87.2 Å². The molecule has 2 aliphatic heterocycles. The molecule has 0 aliphatic carbocycles. The van der Waals surface area contributed by atoms with Crippen LogP contribution >= 0.6 is 0 Å². The fraction of sp³-hybridized carbons (Fsp3) is 0.889. The molecule has 0 saturated carbocycles. The number of hydrogen-bond donors (Lipinski definition) is 3. The zero-order valence-electron chi connectivity index (χ0n) is 15.8. The van der Waals surface area contributed by atoms with E-state index < -0.39 is 0 Å². The summed E-state index contributed by atoms with van der Waals surface area (Å²) in [4.78, 5) is 27.4. The first-order valence-corrected chi connectivity index (χ1v) is 9.26. The van der Waals surface area contributed by atoms with Crippen molar-refractivity contribution in [3.63, 3.8) is 0 Å². The van der Waals surface area contributed by atoms with Gasteiger partial charge in [0, 0.05) is 5.54 Å². The van der Waals surface area contributed by atoms with Crippen molar-refractivity contribution in [3.8, 4) is 0 Å². The van der Waals surface area contributed by atoms with Gasteiger partial charge in [0.2, 0.25) is 11.8 Å². The molecule has 6 nitrogen and oxygen atoms in total.